The number of hydrogen-bond acceptors (Lipinski definition) is 3. The molecule has 2 aromatic carbocycles. The molecule has 0 aromatic heterocycles. The molecule has 0 heterocycles. The molecule has 0 bridgehead atoms. The van der Waals surface area contributed by atoms with Crippen LogP contribution in [-0.2, 0) is 0 Å². The van der Waals surface area contributed by atoms with Gasteiger partial charge in [-0.3, -0.25) is 4.79 Å². The number of carbonyl (C=O) groups is 1. The predicted octanol–water partition coefficient (Wildman–Crippen LogP) is 4.30. The Morgan fingerprint density at radius 1 is 1.10 bits per heavy atom. The van der Waals surface area contributed by atoms with E-state index < -0.39 is 0 Å². The molecule has 0 unspecified atom stereocenters. The molecule has 0 aliphatic rings. The Balaban J connectivity index is 2.29. The summed E-state index contributed by atoms with van der Waals surface area (Å²) in [7, 11) is 0. The Labute approximate surface area is 123 Å². The fraction of sp³-hybridized carbons (Fsp3) is 0.188. The Hall–Kier alpha value is -2.00. The van der Waals surface area contributed by atoms with E-state index in [4.69, 9.17) is 21.1 Å². The van der Waals surface area contributed by atoms with Crippen LogP contribution in [0.1, 0.15) is 17.3 Å². The highest BCUT2D eigenvalue weighted by molar-refractivity contribution is 6.30. The number of rotatable bonds is 6. The zero-order chi connectivity index (χ0) is 14.4. The van der Waals surface area contributed by atoms with Gasteiger partial charge in [-0.1, -0.05) is 18.2 Å². The lowest BCUT2D eigenvalue weighted by molar-refractivity contribution is 0.101. The second kappa shape index (κ2) is 6.96. The maximum atomic E-state index is 11.8. The van der Waals surface area contributed by atoms with Gasteiger partial charge in [0, 0.05) is 0 Å². The first-order valence-corrected chi connectivity index (χ1v) is 6.87. The van der Waals surface area contributed by atoms with Crippen molar-refractivity contribution in [2.75, 3.05) is 12.5 Å². The van der Waals surface area contributed by atoms with Crippen molar-refractivity contribution in [2.24, 2.45) is 0 Å². The zero-order valence-electron chi connectivity index (χ0n) is 11.1. The summed E-state index contributed by atoms with van der Waals surface area (Å²) in [6.45, 7) is 2.35. The van der Waals surface area contributed by atoms with Crippen molar-refractivity contribution in [3.63, 3.8) is 0 Å². The fourth-order valence-electron chi connectivity index (χ4n) is 1.77. The van der Waals surface area contributed by atoms with Gasteiger partial charge in [0.25, 0.3) is 0 Å². The van der Waals surface area contributed by atoms with Crippen molar-refractivity contribution in [1.29, 1.82) is 0 Å². The maximum Gasteiger partial charge on any atom is 0.181 e. The molecule has 3 nitrogen and oxygen atoms in total. The molecule has 2 aromatic rings. The van der Waals surface area contributed by atoms with E-state index >= 15 is 0 Å². The lowest BCUT2D eigenvalue weighted by atomic mass is 10.1. The van der Waals surface area contributed by atoms with Crippen LogP contribution in [0.3, 0.4) is 0 Å². The zero-order valence-corrected chi connectivity index (χ0v) is 11.9. The van der Waals surface area contributed by atoms with Crippen LogP contribution in [0, 0.1) is 0 Å². The van der Waals surface area contributed by atoms with E-state index in [1.165, 1.54) is 0 Å². The summed E-state index contributed by atoms with van der Waals surface area (Å²) in [5.41, 5.74) is 0.440. The average Bonchev–Trinajstić information content (AvgIpc) is 2.49. The van der Waals surface area contributed by atoms with E-state index in [9.17, 15) is 4.79 Å². The van der Waals surface area contributed by atoms with Gasteiger partial charge in [-0.15, -0.1) is 11.6 Å². The topological polar surface area (TPSA) is 35.5 Å². The Kier molecular flexibility index (Phi) is 5.02. The highest BCUT2D eigenvalue weighted by Crippen LogP contribution is 2.28. The van der Waals surface area contributed by atoms with Crippen molar-refractivity contribution in [2.45, 2.75) is 6.92 Å². The Morgan fingerprint density at radius 3 is 2.50 bits per heavy atom. The molecular weight excluding hydrogens is 276 g/mol. The number of benzene rings is 2. The van der Waals surface area contributed by atoms with E-state index in [1.807, 2.05) is 37.3 Å². The maximum absolute atomic E-state index is 11.8. The summed E-state index contributed by atoms with van der Waals surface area (Å²) in [4.78, 5) is 11.8. The van der Waals surface area contributed by atoms with Gasteiger partial charge in [0.2, 0.25) is 0 Å². The number of ether oxygens (including phenoxy) is 2. The van der Waals surface area contributed by atoms with Crippen molar-refractivity contribution in [1.82, 2.24) is 0 Å². The lowest BCUT2D eigenvalue weighted by Gasteiger charge is -2.11. The summed E-state index contributed by atoms with van der Waals surface area (Å²) >= 11 is 5.63. The Bertz CT molecular complexity index is 582. The van der Waals surface area contributed by atoms with Crippen LogP contribution in [0.2, 0.25) is 0 Å². The quantitative estimate of drug-likeness (QED) is 0.588. The summed E-state index contributed by atoms with van der Waals surface area (Å²) in [5.74, 6) is 1.54. The Morgan fingerprint density at radius 2 is 1.85 bits per heavy atom. The first kappa shape index (κ1) is 14.4. The van der Waals surface area contributed by atoms with Crippen LogP contribution in [0.15, 0.2) is 48.5 Å². The number of para-hydroxylation sites is 1. The third-order valence-electron chi connectivity index (χ3n) is 2.65. The molecule has 0 amide bonds. The van der Waals surface area contributed by atoms with Gasteiger partial charge < -0.3 is 9.47 Å². The first-order chi connectivity index (χ1) is 9.74. The van der Waals surface area contributed by atoms with Crippen LogP contribution in [0.4, 0.5) is 0 Å². The van der Waals surface area contributed by atoms with Crippen LogP contribution >= 0.6 is 11.6 Å². The summed E-state index contributed by atoms with van der Waals surface area (Å²) in [6, 6.07) is 14.5. The minimum atomic E-state index is -0.186. The van der Waals surface area contributed by atoms with E-state index in [-0.39, 0.29) is 11.7 Å². The minimum Gasteiger partial charge on any atom is -0.493 e. The molecular formula is C16H15ClO3. The van der Waals surface area contributed by atoms with Crippen LogP contribution in [-0.4, -0.2) is 18.3 Å². The standard InChI is InChI=1S/C16H15ClO3/c1-2-19-16-9-8-13(10-14(16)15(18)11-17)20-12-6-4-3-5-7-12/h3-10H,2,11H2,1H3. The number of alkyl halides is 1. The number of ketones is 1. The second-order valence-electron chi connectivity index (χ2n) is 4.06. The third kappa shape index (κ3) is 3.52. The number of halogens is 1. The monoisotopic (exact) mass is 290 g/mol. The van der Waals surface area contributed by atoms with Crippen molar-refractivity contribution >= 4 is 17.4 Å². The molecule has 0 N–H and O–H groups in total. The van der Waals surface area contributed by atoms with E-state index in [2.05, 4.69) is 0 Å². The predicted molar refractivity (Wildman–Crippen MR) is 79.2 cm³/mol. The molecule has 0 atom stereocenters. The van der Waals surface area contributed by atoms with Crippen LogP contribution in [0.5, 0.6) is 17.2 Å². The molecule has 0 saturated carbocycles. The summed E-state index contributed by atoms with van der Waals surface area (Å²) < 4.78 is 11.1. The highest BCUT2D eigenvalue weighted by atomic mass is 35.5. The van der Waals surface area contributed by atoms with Crippen LogP contribution < -0.4 is 9.47 Å². The van der Waals surface area contributed by atoms with Gasteiger partial charge in [0.05, 0.1) is 18.1 Å². The molecule has 0 radical (unpaired) electrons. The largest absolute Gasteiger partial charge is 0.493 e. The van der Waals surface area contributed by atoms with Gasteiger partial charge in [-0.2, -0.15) is 0 Å². The summed E-state index contributed by atoms with van der Waals surface area (Å²) in [6.07, 6.45) is 0. The second-order valence-corrected chi connectivity index (χ2v) is 4.33. The van der Waals surface area contributed by atoms with Gasteiger partial charge in [0.1, 0.15) is 17.2 Å². The molecule has 0 aliphatic heterocycles. The van der Waals surface area contributed by atoms with E-state index in [0.717, 1.165) is 0 Å². The van der Waals surface area contributed by atoms with Crippen molar-refractivity contribution in [3.05, 3.63) is 54.1 Å². The number of Topliss-reactive ketones (excluding diaryl/α,β-unsaturated/α-hetero) is 1. The number of carbonyl (C=O) groups excluding carboxylic acids is 1. The van der Waals surface area contributed by atoms with Gasteiger partial charge in [0.15, 0.2) is 5.78 Å². The minimum absolute atomic E-state index is 0.0884. The summed E-state index contributed by atoms with van der Waals surface area (Å²) in [5, 5.41) is 0. The molecule has 104 valence electrons. The molecule has 2 rings (SSSR count). The molecule has 20 heavy (non-hydrogen) atoms. The van der Waals surface area contributed by atoms with Gasteiger partial charge >= 0.3 is 0 Å². The van der Waals surface area contributed by atoms with Gasteiger partial charge in [-0.05, 0) is 37.3 Å². The first-order valence-electron chi connectivity index (χ1n) is 6.33. The molecule has 0 aliphatic carbocycles. The molecule has 0 saturated heterocycles. The van der Waals surface area contributed by atoms with E-state index in [0.29, 0.717) is 29.4 Å². The molecule has 0 fully saturated rings. The molecule has 0 spiro atoms. The highest BCUT2D eigenvalue weighted by Gasteiger charge is 2.13. The van der Waals surface area contributed by atoms with E-state index in [1.54, 1.807) is 18.2 Å². The SMILES string of the molecule is CCOc1ccc(Oc2ccccc2)cc1C(=O)CCl. The lowest BCUT2D eigenvalue weighted by Crippen LogP contribution is -2.05. The van der Waals surface area contributed by atoms with Crippen LogP contribution in [0.25, 0.3) is 0 Å². The van der Waals surface area contributed by atoms with Gasteiger partial charge in [-0.25, -0.2) is 0 Å². The smallest absolute Gasteiger partial charge is 0.181 e. The fourth-order valence-corrected chi connectivity index (χ4v) is 1.91. The molecule has 4 heteroatoms. The van der Waals surface area contributed by atoms with Crippen molar-refractivity contribution in [3.8, 4) is 17.2 Å². The number of hydrogen-bond donors (Lipinski definition) is 0. The normalized spacial score (nSPS) is 10.1. The average molecular weight is 291 g/mol. The third-order valence-corrected chi connectivity index (χ3v) is 2.89. The van der Waals surface area contributed by atoms with Crippen molar-refractivity contribution < 1.29 is 14.3 Å².